The second-order valence-corrected chi connectivity index (χ2v) is 7.99. The van der Waals surface area contributed by atoms with E-state index in [1.165, 1.54) is 15.9 Å². The summed E-state index contributed by atoms with van der Waals surface area (Å²) < 4.78 is 0. The van der Waals surface area contributed by atoms with Gasteiger partial charge in [0.15, 0.2) is 0 Å². The van der Waals surface area contributed by atoms with Crippen molar-refractivity contribution in [1.82, 2.24) is 4.98 Å². The van der Waals surface area contributed by atoms with E-state index in [1.54, 1.807) is 0 Å². The fraction of sp³-hybridized carbons (Fsp3) is 0. The van der Waals surface area contributed by atoms with Gasteiger partial charge >= 0.3 is 0 Å². The van der Waals surface area contributed by atoms with Crippen LogP contribution in [0, 0.1) is 0 Å². The highest BCUT2D eigenvalue weighted by Crippen LogP contribution is 2.33. The van der Waals surface area contributed by atoms with Gasteiger partial charge in [0.25, 0.3) is 0 Å². The molecule has 25 heavy (non-hydrogen) atoms. The van der Waals surface area contributed by atoms with Crippen molar-refractivity contribution in [3.05, 3.63) is 109 Å². The molecule has 120 valence electrons. The van der Waals surface area contributed by atoms with Crippen LogP contribution in [0.1, 0.15) is 0 Å². The van der Waals surface area contributed by atoms with Crippen molar-refractivity contribution in [2.24, 2.45) is 0 Å². The highest BCUT2D eigenvalue weighted by molar-refractivity contribution is 7.79. The highest BCUT2D eigenvalue weighted by atomic mass is 31.1. The number of hydrogen-bond donors (Lipinski definition) is 0. The van der Waals surface area contributed by atoms with Gasteiger partial charge in [0.05, 0.1) is 5.69 Å². The Balaban J connectivity index is 1.75. The molecule has 0 fully saturated rings. The summed E-state index contributed by atoms with van der Waals surface area (Å²) in [6.45, 7) is 0. The maximum atomic E-state index is 4.45. The second kappa shape index (κ2) is 7.42. The second-order valence-electron chi connectivity index (χ2n) is 5.77. The molecule has 0 radical (unpaired) electrons. The lowest BCUT2D eigenvalue weighted by Crippen LogP contribution is -2.20. The minimum Gasteiger partial charge on any atom is -0.256 e. The summed E-state index contributed by atoms with van der Waals surface area (Å²) in [6.07, 6.45) is 1.84. The Bertz CT molecular complexity index is 880. The molecule has 1 aromatic heterocycles. The molecule has 0 aliphatic rings. The first-order chi connectivity index (χ1) is 12.4. The molecular formula is C23H18NP. The van der Waals surface area contributed by atoms with Crippen LogP contribution in [-0.4, -0.2) is 4.98 Å². The monoisotopic (exact) mass is 339 g/mol. The lowest BCUT2D eigenvalue weighted by molar-refractivity contribution is 1.33. The van der Waals surface area contributed by atoms with Crippen LogP contribution in [0.3, 0.4) is 0 Å². The smallest absolute Gasteiger partial charge is 0.0701 e. The predicted octanol–water partition coefficient (Wildman–Crippen LogP) is 4.51. The summed E-state index contributed by atoms with van der Waals surface area (Å²) in [5.74, 6) is 0. The van der Waals surface area contributed by atoms with E-state index >= 15 is 0 Å². The average Bonchev–Trinajstić information content (AvgIpc) is 2.71. The van der Waals surface area contributed by atoms with E-state index in [1.807, 2.05) is 24.4 Å². The molecule has 0 aliphatic heterocycles. The van der Waals surface area contributed by atoms with Crippen molar-refractivity contribution in [1.29, 1.82) is 0 Å². The van der Waals surface area contributed by atoms with Crippen molar-refractivity contribution in [2.45, 2.75) is 0 Å². The number of benzene rings is 3. The topological polar surface area (TPSA) is 12.9 Å². The van der Waals surface area contributed by atoms with Crippen LogP contribution in [0.25, 0.3) is 11.3 Å². The number of aromatic nitrogens is 1. The van der Waals surface area contributed by atoms with Gasteiger partial charge < -0.3 is 0 Å². The molecule has 0 atom stereocenters. The van der Waals surface area contributed by atoms with Crippen molar-refractivity contribution in [3.8, 4) is 11.3 Å². The lowest BCUT2D eigenvalue weighted by Gasteiger charge is -2.19. The fourth-order valence-corrected chi connectivity index (χ4v) is 5.20. The van der Waals surface area contributed by atoms with Crippen LogP contribution in [-0.2, 0) is 0 Å². The van der Waals surface area contributed by atoms with Gasteiger partial charge in [-0.2, -0.15) is 0 Å². The molecule has 2 heteroatoms. The van der Waals surface area contributed by atoms with Crippen LogP contribution >= 0.6 is 7.92 Å². The molecule has 4 aromatic rings. The van der Waals surface area contributed by atoms with E-state index in [2.05, 4.69) is 89.9 Å². The van der Waals surface area contributed by atoms with Crippen molar-refractivity contribution in [3.63, 3.8) is 0 Å². The van der Waals surface area contributed by atoms with Crippen LogP contribution in [0.15, 0.2) is 109 Å². The number of pyridine rings is 1. The average molecular weight is 339 g/mol. The van der Waals surface area contributed by atoms with Crippen molar-refractivity contribution in [2.75, 3.05) is 0 Å². The zero-order valence-corrected chi connectivity index (χ0v) is 14.7. The summed E-state index contributed by atoms with van der Waals surface area (Å²) in [5.41, 5.74) is 2.17. The first-order valence-electron chi connectivity index (χ1n) is 8.33. The molecular weight excluding hydrogens is 321 g/mol. The maximum Gasteiger partial charge on any atom is 0.0701 e. The Labute approximate surface area is 149 Å². The lowest BCUT2D eigenvalue weighted by atomic mass is 10.1. The molecule has 0 aliphatic carbocycles. The Morgan fingerprint density at radius 2 is 1.00 bits per heavy atom. The third-order valence-corrected chi connectivity index (χ3v) is 6.56. The molecule has 0 bridgehead atoms. The standard InChI is InChI=1S/C23H18NP/c1-3-9-20(10-4-1)25(21-11-5-2-6-12-21)22-16-14-19(15-17-22)23-13-7-8-18-24-23/h1-18H. The number of hydrogen-bond acceptors (Lipinski definition) is 1. The van der Waals surface area contributed by atoms with Gasteiger partial charge in [0.1, 0.15) is 0 Å². The molecule has 0 saturated carbocycles. The van der Waals surface area contributed by atoms with E-state index < -0.39 is 7.92 Å². The van der Waals surface area contributed by atoms with Crippen LogP contribution in [0.5, 0.6) is 0 Å². The van der Waals surface area contributed by atoms with Gasteiger partial charge in [-0.1, -0.05) is 91.0 Å². The van der Waals surface area contributed by atoms with E-state index in [0.29, 0.717) is 0 Å². The Morgan fingerprint density at radius 3 is 1.52 bits per heavy atom. The summed E-state index contributed by atoms with van der Waals surface area (Å²) in [7, 11) is -0.548. The van der Waals surface area contributed by atoms with Gasteiger partial charge in [-0.25, -0.2) is 0 Å². The molecule has 0 spiro atoms. The zero-order valence-electron chi connectivity index (χ0n) is 13.8. The van der Waals surface area contributed by atoms with Crippen LogP contribution in [0.2, 0.25) is 0 Å². The molecule has 0 unspecified atom stereocenters. The number of rotatable bonds is 4. The van der Waals surface area contributed by atoms with Gasteiger partial charge in [0, 0.05) is 11.8 Å². The highest BCUT2D eigenvalue weighted by Gasteiger charge is 2.16. The SMILES string of the molecule is c1ccc(P(c2ccccc2)c2ccc(-c3ccccn3)cc2)cc1. The van der Waals surface area contributed by atoms with E-state index in [9.17, 15) is 0 Å². The maximum absolute atomic E-state index is 4.45. The quantitative estimate of drug-likeness (QED) is 0.499. The van der Waals surface area contributed by atoms with Gasteiger partial charge in [0.2, 0.25) is 0 Å². The minimum absolute atomic E-state index is 0.548. The largest absolute Gasteiger partial charge is 0.256 e. The summed E-state index contributed by atoms with van der Waals surface area (Å²) in [4.78, 5) is 4.45. The Hall–Kier alpha value is -2.76. The minimum atomic E-state index is -0.548. The van der Waals surface area contributed by atoms with Gasteiger partial charge in [-0.05, 0) is 36.0 Å². The summed E-state index contributed by atoms with van der Waals surface area (Å²) >= 11 is 0. The van der Waals surface area contributed by atoms with Crippen molar-refractivity contribution < 1.29 is 0 Å². The van der Waals surface area contributed by atoms with Crippen molar-refractivity contribution >= 4 is 23.8 Å². The third-order valence-electron chi connectivity index (χ3n) is 4.11. The van der Waals surface area contributed by atoms with Gasteiger partial charge in [-0.15, -0.1) is 0 Å². The molecule has 1 nitrogen and oxygen atoms in total. The molecule has 3 aromatic carbocycles. The first-order valence-corrected chi connectivity index (χ1v) is 9.68. The predicted molar refractivity (Wildman–Crippen MR) is 108 cm³/mol. The molecule has 1 heterocycles. The number of nitrogens with zero attached hydrogens (tertiary/aromatic N) is 1. The zero-order chi connectivity index (χ0) is 16.9. The molecule has 0 N–H and O–H groups in total. The van der Waals surface area contributed by atoms with Gasteiger partial charge in [-0.3, -0.25) is 4.98 Å². The van der Waals surface area contributed by atoms with Crippen LogP contribution in [0.4, 0.5) is 0 Å². The molecule has 0 amide bonds. The van der Waals surface area contributed by atoms with Crippen LogP contribution < -0.4 is 15.9 Å². The first kappa shape index (κ1) is 15.7. The summed E-state index contributed by atoms with van der Waals surface area (Å²) in [5, 5.41) is 4.09. The molecule has 0 saturated heterocycles. The Kier molecular flexibility index (Phi) is 4.68. The normalized spacial score (nSPS) is 10.8. The Morgan fingerprint density at radius 1 is 0.480 bits per heavy atom. The summed E-state index contributed by atoms with van der Waals surface area (Å²) in [6, 6.07) is 36.4. The van der Waals surface area contributed by atoms with E-state index in [4.69, 9.17) is 0 Å². The van der Waals surface area contributed by atoms with E-state index in [-0.39, 0.29) is 0 Å². The van der Waals surface area contributed by atoms with E-state index in [0.717, 1.165) is 11.3 Å². The third kappa shape index (κ3) is 3.52. The molecule has 4 rings (SSSR count). The fourth-order valence-electron chi connectivity index (χ4n) is 2.92.